The van der Waals surface area contributed by atoms with Crippen LogP contribution in [-0.4, -0.2) is 35.6 Å². The Labute approximate surface area is 139 Å². The normalized spacial score (nSPS) is 28.5. The van der Waals surface area contributed by atoms with Gasteiger partial charge in [-0.3, -0.25) is 4.79 Å². The minimum Gasteiger partial charge on any atom is -0.372 e. The molecule has 22 heavy (non-hydrogen) atoms. The smallest absolute Gasteiger partial charge is 0.228 e. The third-order valence-corrected chi connectivity index (χ3v) is 5.82. The molecule has 1 aromatic rings. The lowest BCUT2D eigenvalue weighted by Gasteiger charge is -2.48. The van der Waals surface area contributed by atoms with E-state index in [4.69, 9.17) is 16.3 Å². The van der Waals surface area contributed by atoms with E-state index in [9.17, 15) is 10.1 Å². The lowest BCUT2D eigenvalue weighted by atomic mass is 9.79. The van der Waals surface area contributed by atoms with E-state index in [1.807, 2.05) is 6.07 Å². The number of likely N-dealkylation sites (tertiary alicyclic amines) is 1. The van der Waals surface area contributed by atoms with Crippen molar-refractivity contribution in [2.24, 2.45) is 0 Å². The second-order valence-electron chi connectivity index (χ2n) is 5.98. The quantitative estimate of drug-likeness (QED) is 0.830. The Morgan fingerprint density at radius 1 is 1.45 bits per heavy atom. The molecule has 2 unspecified atom stereocenters. The molecule has 4 nitrogen and oxygen atoms in total. The molecule has 0 radical (unpaired) electrons. The van der Waals surface area contributed by atoms with Crippen molar-refractivity contribution < 1.29 is 9.53 Å². The largest absolute Gasteiger partial charge is 0.372 e. The van der Waals surface area contributed by atoms with Crippen LogP contribution in [0.2, 0.25) is 4.34 Å². The van der Waals surface area contributed by atoms with Gasteiger partial charge in [-0.15, -0.1) is 11.3 Å². The summed E-state index contributed by atoms with van der Waals surface area (Å²) in [6, 6.07) is 5.56. The monoisotopic (exact) mass is 338 g/mol. The van der Waals surface area contributed by atoms with Crippen molar-refractivity contribution in [2.45, 2.75) is 50.2 Å². The zero-order chi connectivity index (χ0) is 15.6. The summed E-state index contributed by atoms with van der Waals surface area (Å²) in [5.74, 6) is -0.00156. The van der Waals surface area contributed by atoms with Gasteiger partial charge in [0.2, 0.25) is 5.91 Å². The van der Waals surface area contributed by atoms with Crippen LogP contribution in [0.25, 0.3) is 0 Å². The van der Waals surface area contributed by atoms with Crippen molar-refractivity contribution in [1.29, 1.82) is 5.26 Å². The van der Waals surface area contributed by atoms with E-state index in [0.29, 0.717) is 23.9 Å². The summed E-state index contributed by atoms with van der Waals surface area (Å²) in [6.45, 7) is 1.34. The van der Waals surface area contributed by atoms with Gasteiger partial charge in [0.25, 0.3) is 0 Å². The molecule has 0 N–H and O–H groups in total. The van der Waals surface area contributed by atoms with Crippen LogP contribution in [0.3, 0.4) is 0 Å². The van der Waals surface area contributed by atoms with Gasteiger partial charge in [0, 0.05) is 18.0 Å². The van der Waals surface area contributed by atoms with Crippen LogP contribution in [0, 0.1) is 11.3 Å². The molecule has 2 aliphatic rings. The summed E-state index contributed by atoms with van der Waals surface area (Å²) >= 11 is 7.34. The number of halogens is 1. The number of nitrogens with zero attached hydrogens (tertiary/aromatic N) is 2. The number of carbonyl (C=O) groups excluding carboxylic acids is 1. The number of thiophene rings is 1. The number of nitriles is 1. The lowest BCUT2D eigenvalue weighted by Crippen LogP contribution is -2.60. The molecule has 1 spiro atoms. The molecule has 0 bridgehead atoms. The first-order chi connectivity index (χ1) is 10.6. The van der Waals surface area contributed by atoms with E-state index in [1.165, 1.54) is 11.3 Å². The second kappa shape index (κ2) is 6.57. The van der Waals surface area contributed by atoms with E-state index >= 15 is 0 Å². The highest BCUT2D eigenvalue weighted by atomic mass is 35.5. The summed E-state index contributed by atoms with van der Waals surface area (Å²) < 4.78 is 6.70. The summed E-state index contributed by atoms with van der Waals surface area (Å²) in [5, 5.41) is 9.66. The fraction of sp³-hybridized carbons (Fsp3) is 0.625. The number of amides is 1. The summed E-state index contributed by atoms with van der Waals surface area (Å²) in [5.41, 5.74) is -0.450. The molecular formula is C16H19ClN2O2S. The molecule has 2 atom stereocenters. The van der Waals surface area contributed by atoms with Crippen LogP contribution in [-0.2, 0) is 16.0 Å². The van der Waals surface area contributed by atoms with Crippen LogP contribution in [0.15, 0.2) is 12.1 Å². The Bertz CT molecular complexity index is 584. The highest BCUT2D eigenvalue weighted by molar-refractivity contribution is 7.16. The van der Waals surface area contributed by atoms with Crippen molar-refractivity contribution in [3.63, 3.8) is 0 Å². The molecule has 3 rings (SSSR count). The van der Waals surface area contributed by atoms with Gasteiger partial charge < -0.3 is 9.64 Å². The Kier molecular flexibility index (Phi) is 4.72. The van der Waals surface area contributed by atoms with E-state index < -0.39 is 11.6 Å². The number of hydrogen-bond acceptors (Lipinski definition) is 4. The van der Waals surface area contributed by atoms with Gasteiger partial charge in [-0.05, 0) is 44.2 Å². The topological polar surface area (TPSA) is 53.3 Å². The predicted octanol–water partition coefficient (Wildman–Crippen LogP) is 3.40. The Balaban J connectivity index is 1.76. The zero-order valence-electron chi connectivity index (χ0n) is 12.4. The van der Waals surface area contributed by atoms with Crippen molar-refractivity contribution in [2.75, 3.05) is 13.2 Å². The van der Waals surface area contributed by atoms with E-state index in [1.54, 1.807) is 11.0 Å². The first-order valence-corrected chi connectivity index (χ1v) is 8.91. The third kappa shape index (κ3) is 3.01. The number of rotatable bonds is 2. The van der Waals surface area contributed by atoms with E-state index in [0.717, 1.165) is 37.0 Å². The molecular weight excluding hydrogens is 320 g/mol. The molecule has 1 amide bonds. The van der Waals surface area contributed by atoms with Gasteiger partial charge in [-0.1, -0.05) is 11.6 Å². The Morgan fingerprint density at radius 2 is 2.27 bits per heavy atom. The van der Waals surface area contributed by atoms with E-state index in [2.05, 4.69) is 6.07 Å². The van der Waals surface area contributed by atoms with Crippen LogP contribution in [0.1, 0.15) is 37.0 Å². The van der Waals surface area contributed by atoms with Crippen LogP contribution in [0.5, 0.6) is 0 Å². The second-order valence-corrected chi connectivity index (χ2v) is 7.77. The van der Waals surface area contributed by atoms with Gasteiger partial charge >= 0.3 is 0 Å². The fourth-order valence-corrected chi connectivity index (χ4v) is 4.62. The molecule has 2 aliphatic heterocycles. The van der Waals surface area contributed by atoms with Crippen LogP contribution >= 0.6 is 22.9 Å². The van der Waals surface area contributed by atoms with Crippen molar-refractivity contribution in [1.82, 2.24) is 4.90 Å². The Hall–Kier alpha value is -1.09. The van der Waals surface area contributed by atoms with Gasteiger partial charge in [0.1, 0.15) is 11.6 Å². The number of ether oxygens (including phenoxy) is 1. The first kappa shape index (κ1) is 15.8. The molecule has 2 saturated heterocycles. The number of carbonyl (C=O) groups is 1. The maximum absolute atomic E-state index is 12.7. The molecule has 0 saturated carbocycles. The third-order valence-electron chi connectivity index (χ3n) is 4.59. The van der Waals surface area contributed by atoms with Crippen molar-refractivity contribution in [3.8, 4) is 6.07 Å². The molecule has 3 heterocycles. The van der Waals surface area contributed by atoms with Crippen LogP contribution in [0.4, 0.5) is 0 Å². The SMILES string of the molecule is N#CC1N(C(=O)Cc2ccc(Cl)s2)CCCC12CCCCO2. The highest BCUT2D eigenvalue weighted by Crippen LogP contribution is 2.38. The van der Waals surface area contributed by atoms with Gasteiger partial charge in [-0.2, -0.15) is 5.26 Å². The minimum absolute atomic E-state index is 0.00156. The molecule has 0 aromatic carbocycles. The minimum atomic E-state index is -0.468. The summed E-state index contributed by atoms with van der Waals surface area (Å²) in [4.78, 5) is 15.3. The molecule has 118 valence electrons. The van der Waals surface area contributed by atoms with Gasteiger partial charge in [0.05, 0.1) is 16.8 Å². The number of piperidine rings is 1. The lowest BCUT2D eigenvalue weighted by molar-refractivity contribution is -0.158. The molecule has 1 aromatic heterocycles. The van der Waals surface area contributed by atoms with E-state index in [-0.39, 0.29) is 5.91 Å². The van der Waals surface area contributed by atoms with Crippen molar-refractivity contribution >= 4 is 28.8 Å². The van der Waals surface area contributed by atoms with Gasteiger partial charge in [-0.25, -0.2) is 0 Å². The maximum Gasteiger partial charge on any atom is 0.228 e. The number of hydrogen-bond donors (Lipinski definition) is 0. The maximum atomic E-state index is 12.7. The standard InChI is InChI=1S/C16H19ClN2O2S/c17-14-5-4-12(22-14)10-15(20)19-8-3-7-16(13(19)11-18)6-1-2-9-21-16/h4-5,13H,1-3,6-10H2. The average molecular weight is 339 g/mol. The average Bonchev–Trinajstić information content (AvgIpc) is 2.93. The fourth-order valence-electron chi connectivity index (χ4n) is 3.54. The zero-order valence-corrected chi connectivity index (χ0v) is 14.0. The van der Waals surface area contributed by atoms with Gasteiger partial charge in [0.15, 0.2) is 0 Å². The highest BCUT2D eigenvalue weighted by Gasteiger charge is 2.48. The first-order valence-electron chi connectivity index (χ1n) is 7.72. The molecule has 6 heteroatoms. The molecule has 0 aliphatic carbocycles. The predicted molar refractivity (Wildman–Crippen MR) is 85.9 cm³/mol. The summed E-state index contributed by atoms with van der Waals surface area (Å²) in [7, 11) is 0. The summed E-state index contributed by atoms with van der Waals surface area (Å²) in [6.07, 6.45) is 5.07. The van der Waals surface area contributed by atoms with Crippen LogP contribution < -0.4 is 0 Å². The Morgan fingerprint density at radius 3 is 2.91 bits per heavy atom. The molecule has 2 fully saturated rings. The van der Waals surface area contributed by atoms with Crippen molar-refractivity contribution in [3.05, 3.63) is 21.3 Å².